The highest BCUT2D eigenvalue weighted by Gasteiger charge is 2.32. The molecule has 3 heteroatoms. The second kappa shape index (κ2) is 6.27. The van der Waals surface area contributed by atoms with E-state index in [2.05, 4.69) is 19.2 Å². The molecule has 2 nitrogen and oxygen atoms in total. The van der Waals surface area contributed by atoms with Crippen molar-refractivity contribution in [2.45, 2.75) is 52.2 Å². The van der Waals surface area contributed by atoms with Gasteiger partial charge in [0, 0.05) is 24.1 Å². The molecule has 0 amide bonds. The van der Waals surface area contributed by atoms with Crippen molar-refractivity contribution in [1.82, 2.24) is 5.32 Å². The van der Waals surface area contributed by atoms with Crippen LogP contribution in [0.25, 0.3) is 0 Å². The minimum atomic E-state index is -0.529. The Morgan fingerprint density at radius 1 is 1.38 bits per heavy atom. The third-order valence-electron chi connectivity index (χ3n) is 2.93. The quantitative estimate of drug-likeness (QED) is 0.645. The van der Waals surface area contributed by atoms with Crippen molar-refractivity contribution >= 4 is 11.8 Å². The molecule has 16 heavy (non-hydrogen) atoms. The fourth-order valence-corrected chi connectivity index (χ4v) is 2.93. The molecule has 1 saturated carbocycles. The number of aliphatic hydroxyl groups is 1. The molecule has 96 valence electrons. The number of thioether (sulfide) groups is 1. The summed E-state index contributed by atoms with van der Waals surface area (Å²) >= 11 is 1.83. The summed E-state index contributed by atoms with van der Waals surface area (Å²) in [5.74, 6) is 3.59. The molecule has 0 spiro atoms. The Kier molecular flexibility index (Phi) is 5.62. The van der Waals surface area contributed by atoms with Crippen LogP contribution in [-0.2, 0) is 0 Å². The van der Waals surface area contributed by atoms with E-state index in [9.17, 15) is 5.11 Å². The maximum absolute atomic E-state index is 9.57. The Morgan fingerprint density at radius 2 is 2.00 bits per heavy atom. The zero-order chi connectivity index (χ0) is 12.2. The van der Waals surface area contributed by atoms with Gasteiger partial charge in [-0.15, -0.1) is 0 Å². The second-order valence-electron chi connectivity index (χ2n) is 5.93. The van der Waals surface area contributed by atoms with Crippen LogP contribution in [0.4, 0.5) is 0 Å². The molecule has 0 bridgehead atoms. The molecular weight excluding hydrogens is 218 g/mol. The van der Waals surface area contributed by atoms with Gasteiger partial charge in [-0.3, -0.25) is 0 Å². The third-order valence-corrected chi connectivity index (χ3v) is 4.33. The van der Waals surface area contributed by atoms with Gasteiger partial charge in [-0.25, -0.2) is 0 Å². The first-order valence-electron chi connectivity index (χ1n) is 6.43. The number of nitrogens with one attached hydrogen (secondary N) is 1. The topological polar surface area (TPSA) is 32.3 Å². The van der Waals surface area contributed by atoms with Crippen LogP contribution in [0.3, 0.4) is 0 Å². The molecule has 0 heterocycles. The molecule has 1 aliphatic carbocycles. The Hall–Kier alpha value is 0.270. The van der Waals surface area contributed by atoms with Crippen LogP contribution in [0.2, 0.25) is 0 Å². The van der Waals surface area contributed by atoms with Crippen LogP contribution in [0.15, 0.2) is 0 Å². The molecule has 1 aliphatic rings. The highest BCUT2D eigenvalue weighted by atomic mass is 32.2. The van der Waals surface area contributed by atoms with Gasteiger partial charge in [0.15, 0.2) is 0 Å². The Balaban J connectivity index is 2.05. The molecule has 1 atom stereocenters. The minimum Gasteiger partial charge on any atom is -0.390 e. The van der Waals surface area contributed by atoms with E-state index in [4.69, 9.17) is 0 Å². The predicted octanol–water partition coefficient (Wildman–Crippen LogP) is 2.51. The van der Waals surface area contributed by atoms with Crippen LogP contribution in [0, 0.1) is 11.8 Å². The lowest BCUT2D eigenvalue weighted by atomic mass is 10.00. The van der Waals surface area contributed by atoms with Crippen LogP contribution >= 0.6 is 11.8 Å². The molecular formula is C13H27NOS. The summed E-state index contributed by atoms with van der Waals surface area (Å²) in [5, 5.41) is 13.2. The van der Waals surface area contributed by atoms with Gasteiger partial charge in [0.05, 0.1) is 5.60 Å². The van der Waals surface area contributed by atoms with Gasteiger partial charge in [0.1, 0.15) is 0 Å². The zero-order valence-corrected chi connectivity index (χ0v) is 11.9. The van der Waals surface area contributed by atoms with Gasteiger partial charge in [-0.1, -0.05) is 13.8 Å². The highest BCUT2D eigenvalue weighted by molar-refractivity contribution is 7.99. The van der Waals surface area contributed by atoms with E-state index in [-0.39, 0.29) is 0 Å². The lowest BCUT2D eigenvalue weighted by molar-refractivity contribution is 0.107. The Bertz CT molecular complexity index is 195. The largest absolute Gasteiger partial charge is 0.390 e. The minimum absolute atomic E-state index is 0.529. The zero-order valence-electron chi connectivity index (χ0n) is 11.1. The van der Waals surface area contributed by atoms with Crippen molar-refractivity contribution in [3.05, 3.63) is 0 Å². The van der Waals surface area contributed by atoms with Crippen molar-refractivity contribution in [3.63, 3.8) is 0 Å². The highest BCUT2D eigenvalue weighted by Crippen LogP contribution is 2.35. The van der Waals surface area contributed by atoms with Crippen molar-refractivity contribution in [3.8, 4) is 0 Å². The molecule has 0 aromatic rings. The first kappa shape index (κ1) is 14.3. The van der Waals surface area contributed by atoms with E-state index in [0.29, 0.717) is 6.04 Å². The first-order valence-corrected chi connectivity index (χ1v) is 7.59. The fourth-order valence-electron chi connectivity index (χ4n) is 2.02. The van der Waals surface area contributed by atoms with Crippen LogP contribution in [0.1, 0.15) is 40.5 Å². The monoisotopic (exact) mass is 245 g/mol. The predicted molar refractivity (Wildman–Crippen MR) is 73.0 cm³/mol. The Morgan fingerprint density at radius 3 is 2.44 bits per heavy atom. The van der Waals surface area contributed by atoms with Gasteiger partial charge < -0.3 is 10.4 Å². The molecule has 1 unspecified atom stereocenters. The van der Waals surface area contributed by atoms with Gasteiger partial charge in [0.25, 0.3) is 0 Å². The molecule has 2 N–H and O–H groups in total. The van der Waals surface area contributed by atoms with Crippen molar-refractivity contribution in [1.29, 1.82) is 0 Å². The summed E-state index contributed by atoms with van der Waals surface area (Å²) in [7, 11) is 0. The molecule has 1 fully saturated rings. The molecule has 0 aliphatic heterocycles. The van der Waals surface area contributed by atoms with Crippen molar-refractivity contribution < 1.29 is 5.11 Å². The lowest BCUT2D eigenvalue weighted by Gasteiger charge is -2.22. The average molecular weight is 245 g/mol. The SMILES string of the molecule is CC(C)C(NCCSCC(C)(C)O)C1CC1. The normalized spacial score (nSPS) is 19.1. The van der Waals surface area contributed by atoms with E-state index in [0.717, 1.165) is 29.9 Å². The maximum Gasteiger partial charge on any atom is 0.0681 e. The summed E-state index contributed by atoms with van der Waals surface area (Å²) in [4.78, 5) is 0. The number of rotatable bonds is 8. The van der Waals surface area contributed by atoms with Gasteiger partial charge in [-0.05, 0) is 38.5 Å². The summed E-state index contributed by atoms with van der Waals surface area (Å²) in [6, 6.07) is 0.711. The van der Waals surface area contributed by atoms with Crippen LogP contribution < -0.4 is 5.32 Å². The second-order valence-corrected chi connectivity index (χ2v) is 7.03. The van der Waals surface area contributed by atoms with Crippen LogP contribution in [0.5, 0.6) is 0 Å². The fraction of sp³-hybridized carbons (Fsp3) is 1.00. The first-order chi connectivity index (χ1) is 7.40. The third kappa shape index (κ3) is 6.12. The van der Waals surface area contributed by atoms with Gasteiger partial charge in [0.2, 0.25) is 0 Å². The molecule has 0 radical (unpaired) electrons. The Labute approximate surface area is 105 Å². The molecule has 0 saturated heterocycles. The smallest absolute Gasteiger partial charge is 0.0681 e. The van der Waals surface area contributed by atoms with E-state index < -0.39 is 5.60 Å². The van der Waals surface area contributed by atoms with E-state index in [1.54, 1.807) is 0 Å². The number of hydrogen-bond donors (Lipinski definition) is 2. The van der Waals surface area contributed by atoms with E-state index in [1.807, 2.05) is 25.6 Å². The summed E-state index contributed by atoms with van der Waals surface area (Å²) in [6.45, 7) is 9.42. The molecule has 0 aromatic heterocycles. The number of hydrogen-bond acceptors (Lipinski definition) is 3. The van der Waals surface area contributed by atoms with E-state index in [1.165, 1.54) is 12.8 Å². The summed E-state index contributed by atoms with van der Waals surface area (Å²) in [6.07, 6.45) is 2.82. The standard InChI is InChI=1S/C13H27NOS/c1-10(2)12(11-5-6-11)14-7-8-16-9-13(3,4)15/h10-12,14-15H,5-9H2,1-4H3. The van der Waals surface area contributed by atoms with Gasteiger partial charge in [-0.2, -0.15) is 11.8 Å². The van der Waals surface area contributed by atoms with Gasteiger partial charge >= 0.3 is 0 Å². The van der Waals surface area contributed by atoms with Crippen molar-refractivity contribution in [2.24, 2.45) is 11.8 Å². The van der Waals surface area contributed by atoms with Crippen molar-refractivity contribution in [2.75, 3.05) is 18.1 Å². The molecule has 1 rings (SSSR count). The summed E-state index contributed by atoms with van der Waals surface area (Å²) in [5.41, 5.74) is -0.529. The lowest BCUT2D eigenvalue weighted by Crippen LogP contribution is -2.37. The maximum atomic E-state index is 9.57. The van der Waals surface area contributed by atoms with E-state index >= 15 is 0 Å². The summed E-state index contributed by atoms with van der Waals surface area (Å²) < 4.78 is 0. The van der Waals surface area contributed by atoms with Crippen LogP contribution in [-0.4, -0.2) is 34.8 Å². The molecule has 0 aromatic carbocycles. The average Bonchev–Trinajstić information content (AvgIpc) is 2.91.